The normalized spacial score (nSPS) is 10.4. The number of aromatic nitrogens is 1. The topological polar surface area (TPSA) is 189 Å². The Kier molecular flexibility index (Phi) is 7.92. The highest BCUT2D eigenvalue weighted by Crippen LogP contribution is 2.37. The number of aryl methyl sites for hydroxylation is 1. The molecule has 0 bridgehead atoms. The van der Waals surface area contributed by atoms with Crippen molar-refractivity contribution in [3.05, 3.63) is 23.0 Å². The van der Waals surface area contributed by atoms with Crippen LogP contribution >= 0.6 is 7.82 Å². The molecule has 0 aliphatic rings. The zero-order valence-corrected chi connectivity index (χ0v) is 10.5. The van der Waals surface area contributed by atoms with E-state index in [1.54, 1.807) is 6.92 Å². The van der Waals surface area contributed by atoms with E-state index in [1.165, 1.54) is 6.20 Å². The molecule has 1 heterocycles. The minimum Gasteiger partial charge on any atom is -0.506 e. The molecule has 0 aromatic carbocycles. The Hall–Kier alpha value is -1.06. The van der Waals surface area contributed by atoms with Gasteiger partial charge in [0.1, 0.15) is 5.75 Å². The van der Waals surface area contributed by atoms with Crippen LogP contribution in [-0.4, -0.2) is 30.8 Å². The Bertz CT molecular complexity index is 434. The Morgan fingerprint density at radius 2 is 2.00 bits per heavy atom. The molecule has 0 spiro atoms. The lowest BCUT2D eigenvalue weighted by Crippen LogP contribution is -2.05. The summed E-state index contributed by atoms with van der Waals surface area (Å²) in [6.07, 6.45) is 1.37. The average molecular weight is 284 g/mol. The summed E-state index contributed by atoms with van der Waals surface area (Å²) in [6, 6.07) is 0. The second-order valence-electron chi connectivity index (χ2n) is 3.16. The highest BCUT2D eigenvalue weighted by atomic mass is 31.2. The van der Waals surface area contributed by atoms with Crippen LogP contribution in [0.15, 0.2) is 6.20 Å². The summed E-state index contributed by atoms with van der Waals surface area (Å²) >= 11 is 0. The molecule has 0 saturated heterocycles. The summed E-state index contributed by atoms with van der Waals surface area (Å²) in [6.45, 7) is 1.29. The molecule has 0 aliphatic heterocycles. The van der Waals surface area contributed by atoms with Crippen LogP contribution in [0.3, 0.4) is 0 Å². The molecule has 18 heavy (non-hydrogen) atoms. The number of rotatable bonds is 4. The molecule has 1 rings (SSSR count). The van der Waals surface area contributed by atoms with Crippen LogP contribution in [-0.2, 0) is 22.2 Å². The lowest BCUT2D eigenvalue weighted by molar-refractivity contribution is 0.188. The molecule has 0 fully saturated rings. The van der Waals surface area contributed by atoms with Gasteiger partial charge in [-0.2, -0.15) is 0 Å². The van der Waals surface area contributed by atoms with E-state index in [0.717, 1.165) is 0 Å². The summed E-state index contributed by atoms with van der Waals surface area (Å²) in [5.41, 5.74) is 6.56. The standard InChI is InChI=1S/C8H13N2O5P.2H2O/c1-5-8(11)7(2-9)6(3-10-5)4-15-16(12,13)14;;/h3,11H,2,4,9H2,1H3,(H2,12,13,14);2*1H2. The molecule has 9 nitrogen and oxygen atoms in total. The second-order valence-corrected chi connectivity index (χ2v) is 4.40. The van der Waals surface area contributed by atoms with Gasteiger partial charge in [-0.3, -0.25) is 9.51 Å². The van der Waals surface area contributed by atoms with Gasteiger partial charge in [0, 0.05) is 23.9 Å². The van der Waals surface area contributed by atoms with E-state index < -0.39 is 7.82 Å². The molecule has 0 radical (unpaired) electrons. The summed E-state index contributed by atoms with van der Waals surface area (Å²) in [7, 11) is -4.54. The van der Waals surface area contributed by atoms with Crippen LogP contribution in [0.25, 0.3) is 0 Å². The molecule has 1 aromatic heterocycles. The van der Waals surface area contributed by atoms with Crippen molar-refractivity contribution < 1.29 is 34.9 Å². The van der Waals surface area contributed by atoms with Gasteiger partial charge in [0.05, 0.1) is 12.3 Å². The fourth-order valence-electron chi connectivity index (χ4n) is 1.19. The zero-order chi connectivity index (χ0) is 12.3. The highest BCUT2D eigenvalue weighted by molar-refractivity contribution is 7.46. The SMILES string of the molecule is Cc1ncc(COP(=O)(O)O)c(CN)c1O.O.O. The van der Waals surface area contributed by atoms with E-state index in [9.17, 15) is 9.67 Å². The smallest absolute Gasteiger partial charge is 0.469 e. The molecule has 9 N–H and O–H groups in total. The van der Waals surface area contributed by atoms with Crippen LogP contribution in [0.4, 0.5) is 0 Å². The van der Waals surface area contributed by atoms with E-state index in [0.29, 0.717) is 16.8 Å². The van der Waals surface area contributed by atoms with Crippen molar-refractivity contribution in [2.75, 3.05) is 0 Å². The van der Waals surface area contributed by atoms with Gasteiger partial charge in [-0.15, -0.1) is 0 Å². The lowest BCUT2D eigenvalue weighted by Gasteiger charge is -2.11. The van der Waals surface area contributed by atoms with Crippen molar-refractivity contribution in [1.82, 2.24) is 4.98 Å². The molecular formula is C8H17N2O7P. The van der Waals surface area contributed by atoms with Gasteiger partial charge >= 0.3 is 7.82 Å². The number of hydrogen-bond donors (Lipinski definition) is 4. The maximum absolute atomic E-state index is 10.5. The van der Waals surface area contributed by atoms with E-state index >= 15 is 0 Å². The molecule has 0 saturated carbocycles. The minimum atomic E-state index is -4.54. The monoisotopic (exact) mass is 284 g/mol. The Balaban J connectivity index is 0. The van der Waals surface area contributed by atoms with Gasteiger partial charge in [-0.1, -0.05) is 0 Å². The summed E-state index contributed by atoms with van der Waals surface area (Å²) in [5, 5.41) is 9.62. The van der Waals surface area contributed by atoms with Gasteiger partial charge in [0.2, 0.25) is 0 Å². The highest BCUT2D eigenvalue weighted by Gasteiger charge is 2.17. The van der Waals surface area contributed by atoms with Crippen molar-refractivity contribution >= 4 is 7.82 Å². The molecule has 0 amide bonds. The molecule has 1 aromatic rings. The van der Waals surface area contributed by atoms with Crippen molar-refractivity contribution in [3.8, 4) is 5.75 Å². The van der Waals surface area contributed by atoms with Gasteiger partial charge in [-0.25, -0.2) is 4.57 Å². The average Bonchev–Trinajstić information content (AvgIpc) is 2.18. The second kappa shape index (κ2) is 7.39. The summed E-state index contributed by atoms with van der Waals surface area (Å²) in [5.74, 6) is -0.0747. The predicted molar refractivity (Wildman–Crippen MR) is 62.6 cm³/mol. The number of pyridine rings is 1. The maximum Gasteiger partial charge on any atom is 0.469 e. The lowest BCUT2D eigenvalue weighted by atomic mass is 10.1. The predicted octanol–water partition coefficient (Wildman–Crippen LogP) is -1.49. The number of hydrogen-bond acceptors (Lipinski definition) is 5. The van der Waals surface area contributed by atoms with E-state index in [4.69, 9.17) is 15.5 Å². The molecular weight excluding hydrogens is 267 g/mol. The number of phosphoric acid groups is 1. The molecule has 10 heteroatoms. The third-order valence-corrected chi connectivity index (χ3v) is 2.49. The van der Waals surface area contributed by atoms with Crippen molar-refractivity contribution in [2.24, 2.45) is 5.73 Å². The van der Waals surface area contributed by atoms with E-state index in [-0.39, 0.29) is 29.9 Å². The van der Waals surface area contributed by atoms with Gasteiger partial charge in [0.25, 0.3) is 0 Å². The summed E-state index contributed by atoms with van der Waals surface area (Å²) < 4.78 is 14.8. The van der Waals surface area contributed by atoms with Crippen LogP contribution in [0.5, 0.6) is 5.75 Å². The minimum absolute atomic E-state index is 0. The zero-order valence-electron chi connectivity index (χ0n) is 9.62. The summed E-state index contributed by atoms with van der Waals surface area (Å²) in [4.78, 5) is 20.9. The first-order chi connectivity index (χ1) is 7.35. The fourth-order valence-corrected chi connectivity index (χ4v) is 1.50. The van der Waals surface area contributed by atoms with Crippen LogP contribution in [0, 0.1) is 6.92 Å². The Morgan fingerprint density at radius 1 is 1.44 bits per heavy atom. The number of nitrogens with zero attached hydrogens (tertiary/aromatic N) is 1. The third-order valence-electron chi connectivity index (χ3n) is 2.02. The quantitative estimate of drug-likeness (QED) is 0.484. The van der Waals surface area contributed by atoms with Gasteiger partial charge in [-0.05, 0) is 6.92 Å². The molecule has 106 valence electrons. The van der Waals surface area contributed by atoms with Crippen molar-refractivity contribution in [2.45, 2.75) is 20.1 Å². The van der Waals surface area contributed by atoms with Gasteiger partial charge < -0.3 is 31.6 Å². The maximum atomic E-state index is 10.5. The fraction of sp³-hybridized carbons (Fsp3) is 0.375. The van der Waals surface area contributed by atoms with Crippen LogP contribution in [0.1, 0.15) is 16.8 Å². The Labute approximate surface area is 103 Å². The molecule has 0 atom stereocenters. The molecule has 0 unspecified atom stereocenters. The van der Waals surface area contributed by atoms with Crippen LogP contribution < -0.4 is 5.73 Å². The van der Waals surface area contributed by atoms with E-state index in [2.05, 4.69) is 9.51 Å². The van der Waals surface area contributed by atoms with Crippen LogP contribution in [0.2, 0.25) is 0 Å². The first-order valence-corrected chi connectivity index (χ1v) is 5.94. The third kappa shape index (κ3) is 5.07. The number of nitrogens with two attached hydrogens (primary N) is 1. The Morgan fingerprint density at radius 3 is 2.44 bits per heavy atom. The first-order valence-electron chi connectivity index (χ1n) is 4.41. The number of phosphoric ester groups is 1. The van der Waals surface area contributed by atoms with Crippen molar-refractivity contribution in [1.29, 1.82) is 0 Å². The van der Waals surface area contributed by atoms with Gasteiger partial charge in [0.15, 0.2) is 0 Å². The van der Waals surface area contributed by atoms with Crippen molar-refractivity contribution in [3.63, 3.8) is 0 Å². The first kappa shape index (κ1) is 19.3. The number of aromatic hydroxyl groups is 1. The van der Waals surface area contributed by atoms with E-state index in [1.807, 2.05) is 0 Å². The largest absolute Gasteiger partial charge is 0.506 e. The molecule has 0 aliphatic carbocycles.